The number of ether oxygens (including phenoxy) is 1. The number of likely N-dealkylation sites (tertiary alicyclic amines) is 1. The Morgan fingerprint density at radius 2 is 1.72 bits per heavy atom. The average molecular weight is 523 g/mol. The van der Waals surface area contributed by atoms with Crippen LogP contribution in [0, 0.1) is 0 Å². The Morgan fingerprint density at radius 1 is 1.11 bits per heavy atom. The van der Waals surface area contributed by atoms with Crippen molar-refractivity contribution in [3.63, 3.8) is 0 Å². The first-order valence-electron chi connectivity index (χ1n) is 11.8. The molecule has 0 spiro atoms. The van der Waals surface area contributed by atoms with Crippen molar-refractivity contribution in [1.82, 2.24) is 10.2 Å². The second-order valence-corrected chi connectivity index (χ2v) is 9.78. The predicted octanol–water partition coefficient (Wildman–Crippen LogP) is 3.82. The average Bonchev–Trinajstić information content (AvgIpc) is 2.83. The molecule has 1 aromatic rings. The van der Waals surface area contributed by atoms with Gasteiger partial charge in [-0.1, -0.05) is 13.5 Å². The zero-order valence-corrected chi connectivity index (χ0v) is 22.4. The van der Waals surface area contributed by atoms with Crippen LogP contribution in [0.1, 0.15) is 65.4 Å². The van der Waals surface area contributed by atoms with Crippen LogP contribution in [0.5, 0.6) is 0 Å². The number of imide groups is 1. The molecule has 4 amide bonds. The van der Waals surface area contributed by atoms with E-state index in [1.165, 1.54) is 4.90 Å². The molecule has 2 heterocycles. The van der Waals surface area contributed by atoms with Gasteiger partial charge in [0.15, 0.2) is 0 Å². The quantitative estimate of drug-likeness (QED) is 0.347. The van der Waals surface area contributed by atoms with E-state index in [0.717, 1.165) is 30.5 Å². The second-order valence-electron chi connectivity index (χ2n) is 9.78. The Labute approximate surface area is 220 Å². The smallest absolute Gasteiger partial charge is 0.410 e. The lowest BCUT2D eigenvalue weighted by atomic mass is 9.88. The van der Waals surface area contributed by atoms with Crippen molar-refractivity contribution in [2.24, 2.45) is 0 Å². The number of nitrogens with zero attached hydrogens (tertiary/aromatic N) is 3. The Kier molecular flexibility index (Phi) is 11.8. The minimum Gasteiger partial charge on any atom is -0.444 e. The van der Waals surface area contributed by atoms with Gasteiger partial charge < -0.3 is 19.4 Å². The first kappa shape index (κ1) is 31.3. The van der Waals surface area contributed by atoms with Gasteiger partial charge in [0.05, 0.1) is 11.4 Å². The number of anilines is 2. The maximum atomic E-state index is 12.4. The Bertz CT molecular complexity index is 925. The highest BCUT2D eigenvalue weighted by Gasteiger charge is 2.32. The SMILES string of the molecule is C.CN(C=O)c1cc(C2CCN(C(=O)OC(C)(C)C)CC2)ccc1N(C)C1CCC(=O)NC1=O.CS. The van der Waals surface area contributed by atoms with E-state index in [2.05, 4.69) is 17.9 Å². The van der Waals surface area contributed by atoms with Crippen LogP contribution in [0.4, 0.5) is 16.2 Å². The van der Waals surface area contributed by atoms with Crippen molar-refractivity contribution in [2.45, 2.75) is 71.4 Å². The number of likely N-dealkylation sites (N-methyl/N-ethyl adjacent to an activating group) is 1. The maximum Gasteiger partial charge on any atom is 0.410 e. The van der Waals surface area contributed by atoms with Crippen LogP contribution in [0.25, 0.3) is 0 Å². The van der Waals surface area contributed by atoms with Crippen molar-refractivity contribution in [2.75, 3.05) is 43.2 Å². The number of carbonyl (C=O) groups excluding carboxylic acids is 4. The number of rotatable bonds is 5. The van der Waals surface area contributed by atoms with Gasteiger partial charge in [0.2, 0.25) is 18.2 Å². The predicted molar refractivity (Wildman–Crippen MR) is 147 cm³/mol. The number of benzene rings is 1. The fourth-order valence-corrected chi connectivity index (χ4v) is 4.37. The largest absolute Gasteiger partial charge is 0.444 e. The fraction of sp³-hybridized carbons (Fsp3) is 0.615. The number of nitrogens with one attached hydrogen (secondary N) is 1. The minimum absolute atomic E-state index is 0. The van der Waals surface area contributed by atoms with E-state index in [0.29, 0.717) is 25.2 Å². The molecule has 2 aliphatic heterocycles. The van der Waals surface area contributed by atoms with Gasteiger partial charge in [-0.3, -0.25) is 19.7 Å². The van der Waals surface area contributed by atoms with Gasteiger partial charge in [0, 0.05) is 33.6 Å². The summed E-state index contributed by atoms with van der Waals surface area (Å²) < 4.78 is 5.48. The highest BCUT2D eigenvalue weighted by molar-refractivity contribution is 7.79. The molecule has 2 aliphatic rings. The van der Waals surface area contributed by atoms with Crippen molar-refractivity contribution >= 4 is 48.3 Å². The van der Waals surface area contributed by atoms with Crippen LogP contribution >= 0.6 is 12.6 Å². The maximum absolute atomic E-state index is 12.4. The molecule has 1 aromatic carbocycles. The lowest BCUT2D eigenvalue weighted by Crippen LogP contribution is -2.51. The van der Waals surface area contributed by atoms with Crippen molar-refractivity contribution in [3.05, 3.63) is 23.8 Å². The monoisotopic (exact) mass is 522 g/mol. The first-order chi connectivity index (χ1) is 16.5. The van der Waals surface area contributed by atoms with Crippen molar-refractivity contribution in [3.8, 4) is 0 Å². The third kappa shape index (κ3) is 7.88. The van der Waals surface area contributed by atoms with E-state index < -0.39 is 11.6 Å². The normalized spacial score (nSPS) is 18.2. The number of hydrogen-bond donors (Lipinski definition) is 2. The van der Waals surface area contributed by atoms with E-state index in [1.807, 2.05) is 43.9 Å². The molecule has 2 saturated heterocycles. The zero-order valence-electron chi connectivity index (χ0n) is 21.5. The Balaban J connectivity index is 0.00000211. The molecule has 0 aliphatic carbocycles. The minimum atomic E-state index is -0.521. The lowest BCUT2D eigenvalue weighted by molar-refractivity contribution is -0.134. The van der Waals surface area contributed by atoms with E-state index in [1.54, 1.807) is 25.3 Å². The molecule has 1 unspecified atom stereocenters. The Morgan fingerprint density at radius 3 is 2.25 bits per heavy atom. The van der Waals surface area contributed by atoms with Gasteiger partial charge in [-0.2, -0.15) is 12.6 Å². The molecule has 0 saturated carbocycles. The summed E-state index contributed by atoms with van der Waals surface area (Å²) in [4.78, 5) is 52.9. The van der Waals surface area contributed by atoms with Crippen LogP contribution < -0.4 is 15.1 Å². The Hall–Kier alpha value is -2.75. The number of thiol groups is 1. The van der Waals surface area contributed by atoms with Gasteiger partial charge in [0.25, 0.3) is 0 Å². The molecule has 36 heavy (non-hydrogen) atoms. The van der Waals surface area contributed by atoms with E-state index >= 15 is 0 Å². The van der Waals surface area contributed by atoms with E-state index in [9.17, 15) is 19.2 Å². The number of piperidine rings is 2. The third-order valence-electron chi connectivity index (χ3n) is 6.21. The molecular weight excluding hydrogens is 480 g/mol. The molecule has 10 heteroatoms. The van der Waals surface area contributed by atoms with Crippen LogP contribution in [0.15, 0.2) is 18.2 Å². The fourth-order valence-electron chi connectivity index (χ4n) is 4.37. The molecule has 2 fully saturated rings. The summed E-state index contributed by atoms with van der Waals surface area (Å²) in [6.45, 7) is 6.79. The molecule has 1 N–H and O–H groups in total. The standard InChI is InChI=1S/C24H34N4O5.CH4S.CH4/c1-24(2,3)33-23(32)28-12-10-16(11-13-28)17-6-7-18(20(14-17)26(4)15-29)27(5)19-8-9-21(30)25-22(19)31;1-2;/h6-7,14-16,19H,8-13H2,1-5H3,(H,25,30,31);2H,1H3;1H4. The molecule has 1 atom stereocenters. The molecular formula is C26H42N4O5S. The van der Waals surface area contributed by atoms with Crippen molar-refractivity contribution in [1.29, 1.82) is 0 Å². The van der Waals surface area contributed by atoms with E-state index in [4.69, 9.17) is 4.74 Å². The molecule has 0 aromatic heterocycles. The second kappa shape index (κ2) is 13.5. The van der Waals surface area contributed by atoms with Crippen LogP contribution in [-0.4, -0.2) is 74.3 Å². The van der Waals surface area contributed by atoms with Crippen molar-refractivity contribution < 1.29 is 23.9 Å². The lowest BCUT2D eigenvalue weighted by Gasteiger charge is -2.35. The zero-order chi connectivity index (χ0) is 26.3. The van der Waals surface area contributed by atoms with Gasteiger partial charge in [-0.25, -0.2) is 4.79 Å². The molecule has 3 rings (SSSR count). The van der Waals surface area contributed by atoms with Gasteiger partial charge in [0.1, 0.15) is 11.6 Å². The number of amides is 4. The van der Waals surface area contributed by atoms with Crippen LogP contribution in [0.2, 0.25) is 0 Å². The highest BCUT2D eigenvalue weighted by atomic mass is 32.1. The summed E-state index contributed by atoms with van der Waals surface area (Å²) in [6.07, 6.45) is 4.46. The summed E-state index contributed by atoms with van der Waals surface area (Å²) in [5.41, 5.74) is 2.01. The summed E-state index contributed by atoms with van der Waals surface area (Å²) in [7, 11) is 3.48. The highest BCUT2D eigenvalue weighted by Crippen LogP contribution is 2.36. The van der Waals surface area contributed by atoms with Gasteiger partial charge in [-0.05, 0) is 69.9 Å². The van der Waals surface area contributed by atoms with Crippen LogP contribution in [-0.2, 0) is 19.1 Å². The summed E-state index contributed by atoms with van der Waals surface area (Å²) >= 11 is 3.53. The van der Waals surface area contributed by atoms with E-state index in [-0.39, 0.29) is 37.7 Å². The molecule has 202 valence electrons. The molecule has 9 nitrogen and oxygen atoms in total. The first-order valence-corrected chi connectivity index (χ1v) is 12.7. The number of hydrogen-bond acceptors (Lipinski definition) is 7. The van der Waals surface area contributed by atoms with Gasteiger partial charge >= 0.3 is 6.09 Å². The summed E-state index contributed by atoms with van der Waals surface area (Å²) in [5, 5.41) is 2.39. The topological polar surface area (TPSA) is 99.3 Å². The molecule has 0 bridgehead atoms. The third-order valence-corrected chi connectivity index (χ3v) is 6.21. The van der Waals surface area contributed by atoms with Gasteiger partial charge in [-0.15, -0.1) is 0 Å². The summed E-state index contributed by atoms with van der Waals surface area (Å²) in [5.74, 6) is -0.340. The summed E-state index contributed by atoms with van der Waals surface area (Å²) in [6, 6.07) is 5.45. The molecule has 0 radical (unpaired) electrons. The number of carbonyl (C=O) groups is 4. The van der Waals surface area contributed by atoms with Crippen LogP contribution in [0.3, 0.4) is 0 Å².